The maximum atomic E-state index is 6.41. The molecule has 0 unspecified atom stereocenters. The topological polar surface area (TPSA) is 100 Å². The van der Waals surface area contributed by atoms with E-state index in [0.717, 1.165) is 137 Å². The Morgan fingerprint density at radius 3 is 1.24 bits per heavy atom. The van der Waals surface area contributed by atoms with Crippen LogP contribution in [-0.4, -0.2) is 39.0 Å². The molecule has 0 aliphatic rings. The van der Waals surface area contributed by atoms with Crippen LogP contribution in [0.15, 0.2) is 308 Å². The summed E-state index contributed by atoms with van der Waals surface area (Å²) in [5.41, 5.74) is 15.9. The van der Waals surface area contributed by atoms with Crippen LogP contribution in [-0.2, 0) is 0 Å². The van der Waals surface area contributed by atoms with Crippen LogP contribution in [0.3, 0.4) is 0 Å². The van der Waals surface area contributed by atoms with Crippen LogP contribution in [0.4, 0.5) is 0 Å². The smallest absolute Gasteiger partial charge is 0.238 e. The molecule has 0 amide bonds. The number of para-hydroxylation sites is 3. The Labute approximate surface area is 552 Å². The van der Waals surface area contributed by atoms with Gasteiger partial charge in [-0.3, -0.25) is 9.13 Å². The summed E-state index contributed by atoms with van der Waals surface area (Å²) in [5, 5.41) is 13.7. The number of fused-ring (bicyclic) bond motifs is 14. The summed E-state index contributed by atoms with van der Waals surface area (Å²) in [5.74, 6) is 3.43. The summed E-state index contributed by atoms with van der Waals surface area (Å²) in [4.78, 5) is 32.0. The molecule has 6 aromatic heterocycles. The number of rotatable bonds is 9. The maximum absolute atomic E-state index is 6.41. The highest BCUT2D eigenvalue weighted by molar-refractivity contribution is 7.26. The second-order valence-corrected chi connectivity index (χ2v) is 25.7. The molecule has 0 aliphatic carbocycles. The third-order valence-electron chi connectivity index (χ3n) is 19.0. The molecule has 20 aromatic rings. The lowest BCUT2D eigenvalue weighted by molar-refractivity contribution is 0.669. The second kappa shape index (κ2) is 21.4. The van der Waals surface area contributed by atoms with Crippen molar-refractivity contribution in [1.29, 1.82) is 0 Å². The molecule has 96 heavy (non-hydrogen) atoms. The van der Waals surface area contributed by atoms with E-state index in [4.69, 9.17) is 34.3 Å². The molecule has 9 nitrogen and oxygen atoms in total. The van der Waals surface area contributed by atoms with Crippen LogP contribution in [0.5, 0.6) is 0 Å². The SMILES string of the molecule is c1cc(-c2ccc(-c3nc(-c4ccc5c(c4)oc4ccccc45)nc(-n4c5ccccc5c5cc6ccccc6cc54)n3)cc2)cc(-c2cccc(-c3ccc(-c4nc(-c5cccc6c5sc5ccccc56)nc(-n5c6ccccc6c6cc7ccccc7cc65)n4)cc3)c2)c1. The van der Waals surface area contributed by atoms with Gasteiger partial charge in [-0.25, -0.2) is 9.97 Å². The Morgan fingerprint density at radius 2 is 0.656 bits per heavy atom. The molecule has 0 fully saturated rings. The van der Waals surface area contributed by atoms with E-state index in [1.807, 2.05) is 24.3 Å². The van der Waals surface area contributed by atoms with Gasteiger partial charge in [0.1, 0.15) is 11.2 Å². The minimum Gasteiger partial charge on any atom is -0.456 e. The first-order chi connectivity index (χ1) is 47.5. The zero-order valence-electron chi connectivity index (χ0n) is 51.3. The first kappa shape index (κ1) is 53.9. The van der Waals surface area contributed by atoms with E-state index < -0.39 is 0 Å². The molecule has 446 valence electrons. The number of aromatic nitrogens is 8. The zero-order valence-corrected chi connectivity index (χ0v) is 52.1. The number of hydrogen-bond donors (Lipinski definition) is 0. The van der Waals surface area contributed by atoms with Gasteiger partial charge in [-0.1, -0.05) is 224 Å². The van der Waals surface area contributed by atoms with Gasteiger partial charge in [0.2, 0.25) is 11.9 Å². The fourth-order valence-corrected chi connectivity index (χ4v) is 15.6. The molecule has 0 atom stereocenters. The maximum Gasteiger partial charge on any atom is 0.238 e. The minimum atomic E-state index is 0.532. The predicted octanol–water partition coefficient (Wildman–Crippen LogP) is 22.5. The first-order valence-electron chi connectivity index (χ1n) is 32.1. The van der Waals surface area contributed by atoms with Crippen LogP contribution >= 0.6 is 11.3 Å². The van der Waals surface area contributed by atoms with Crippen molar-refractivity contribution in [2.24, 2.45) is 0 Å². The lowest BCUT2D eigenvalue weighted by atomic mass is 9.95. The fourth-order valence-electron chi connectivity index (χ4n) is 14.3. The molecule has 0 N–H and O–H groups in total. The van der Waals surface area contributed by atoms with Crippen molar-refractivity contribution in [1.82, 2.24) is 39.0 Å². The van der Waals surface area contributed by atoms with Crippen molar-refractivity contribution in [3.63, 3.8) is 0 Å². The third-order valence-corrected chi connectivity index (χ3v) is 20.2. The van der Waals surface area contributed by atoms with Gasteiger partial charge < -0.3 is 4.42 Å². The van der Waals surface area contributed by atoms with E-state index in [1.54, 1.807) is 11.3 Å². The molecule has 0 spiro atoms. The molecule has 20 rings (SSSR count). The van der Waals surface area contributed by atoms with Gasteiger partial charge in [0, 0.05) is 74.7 Å². The molecule has 0 saturated heterocycles. The van der Waals surface area contributed by atoms with Crippen molar-refractivity contribution in [2.75, 3.05) is 0 Å². The Morgan fingerprint density at radius 1 is 0.240 bits per heavy atom. The number of nitrogens with zero attached hydrogens (tertiary/aromatic N) is 8. The van der Waals surface area contributed by atoms with Crippen LogP contribution < -0.4 is 0 Å². The van der Waals surface area contributed by atoms with Gasteiger partial charge >= 0.3 is 0 Å². The summed E-state index contributed by atoms with van der Waals surface area (Å²) in [6.07, 6.45) is 0. The molecule has 0 saturated carbocycles. The summed E-state index contributed by atoms with van der Waals surface area (Å²) in [6, 6.07) is 107. The summed E-state index contributed by atoms with van der Waals surface area (Å²) in [7, 11) is 0. The van der Waals surface area contributed by atoms with Gasteiger partial charge in [0.15, 0.2) is 23.3 Å². The quantitative estimate of drug-likeness (QED) is 0.142. The zero-order chi connectivity index (χ0) is 63.0. The summed E-state index contributed by atoms with van der Waals surface area (Å²) >= 11 is 1.78. The Hall–Kier alpha value is -12.8. The van der Waals surface area contributed by atoms with Crippen LogP contribution in [0, 0.1) is 0 Å². The highest BCUT2D eigenvalue weighted by atomic mass is 32.1. The molecule has 14 aromatic carbocycles. The molecule has 0 radical (unpaired) electrons. The Bertz CT molecular complexity index is 6600. The molecular weight excluding hydrogens is 1190 g/mol. The largest absolute Gasteiger partial charge is 0.456 e. The molecular formula is C86H50N8OS. The van der Waals surface area contributed by atoms with Crippen LogP contribution in [0.2, 0.25) is 0 Å². The number of hydrogen-bond acceptors (Lipinski definition) is 8. The average Bonchev–Trinajstić information content (AvgIpc) is 1.57. The fraction of sp³-hybridized carbons (Fsp3) is 0. The van der Waals surface area contributed by atoms with E-state index in [1.165, 1.54) is 26.2 Å². The first-order valence-corrected chi connectivity index (χ1v) is 32.9. The average molecular weight is 1240 g/mol. The normalized spacial score (nSPS) is 12.0. The van der Waals surface area contributed by atoms with E-state index in [2.05, 4.69) is 288 Å². The van der Waals surface area contributed by atoms with E-state index >= 15 is 0 Å². The highest BCUT2D eigenvalue weighted by Gasteiger charge is 2.23. The standard InChI is InChI=1S/C86H50N8OS/c1-3-18-61-48-75-71(46-59(61)16-1)64-24-5-9-30-73(64)93(75)85-89-81(87-83(91-85)63-42-43-67-66-26-7-11-32-77(66)95-78(67)50-63)53-38-34-51(35-39-53)55-20-13-22-57(44-55)58-23-14-21-56(45-58)52-36-40-54(41-37-52)82-88-84(70-29-15-28-69-68-27-8-12-33-79(68)96-80(69)70)92-86(90-82)94-74-31-10-6-25-65(74)72-47-60-17-2-4-19-62(60)49-76(72)94/h1-50H. The molecule has 6 heterocycles. The number of benzene rings is 14. The number of furan rings is 1. The number of thiophene rings is 1. The summed E-state index contributed by atoms with van der Waals surface area (Å²) in [6.45, 7) is 0. The minimum absolute atomic E-state index is 0.532. The van der Waals surface area contributed by atoms with Crippen molar-refractivity contribution >= 4 is 119 Å². The van der Waals surface area contributed by atoms with Crippen LogP contribution in [0.25, 0.3) is 198 Å². The van der Waals surface area contributed by atoms with Gasteiger partial charge in [0.05, 0.1) is 22.1 Å². The van der Waals surface area contributed by atoms with Crippen molar-refractivity contribution in [3.05, 3.63) is 303 Å². The predicted molar refractivity (Wildman–Crippen MR) is 395 cm³/mol. The lowest BCUT2D eigenvalue weighted by Gasteiger charge is -2.12. The van der Waals surface area contributed by atoms with Crippen LogP contribution in [0.1, 0.15) is 0 Å². The van der Waals surface area contributed by atoms with Gasteiger partial charge in [-0.15, -0.1) is 11.3 Å². The van der Waals surface area contributed by atoms with Gasteiger partial charge in [-0.2, -0.15) is 19.9 Å². The Balaban J connectivity index is 0.646. The summed E-state index contributed by atoms with van der Waals surface area (Å²) < 4.78 is 13.2. The van der Waals surface area contributed by atoms with Crippen molar-refractivity contribution in [2.45, 2.75) is 0 Å². The van der Waals surface area contributed by atoms with Gasteiger partial charge in [0.25, 0.3) is 0 Å². The monoisotopic (exact) mass is 1240 g/mol. The lowest BCUT2D eigenvalue weighted by Crippen LogP contribution is -2.06. The highest BCUT2D eigenvalue weighted by Crippen LogP contribution is 2.43. The molecule has 10 heteroatoms. The molecule has 0 aliphatic heterocycles. The van der Waals surface area contributed by atoms with E-state index in [-0.39, 0.29) is 0 Å². The third kappa shape index (κ3) is 8.77. The van der Waals surface area contributed by atoms with Crippen molar-refractivity contribution in [3.8, 4) is 90.8 Å². The van der Waals surface area contributed by atoms with E-state index in [0.29, 0.717) is 35.2 Å². The van der Waals surface area contributed by atoms with Gasteiger partial charge in [-0.05, 0) is 134 Å². The van der Waals surface area contributed by atoms with E-state index in [9.17, 15) is 0 Å². The van der Waals surface area contributed by atoms with Crippen molar-refractivity contribution < 1.29 is 4.42 Å². The molecule has 0 bridgehead atoms. The Kier molecular flexibility index (Phi) is 12.0. The second-order valence-electron chi connectivity index (χ2n) is 24.6.